The van der Waals surface area contributed by atoms with Gasteiger partial charge in [0.05, 0.1) is 0 Å². The maximum atomic E-state index is 8.46. The van der Waals surface area contributed by atoms with Gasteiger partial charge in [-0.05, 0) is 18.4 Å². The van der Waals surface area contributed by atoms with E-state index in [9.17, 15) is 0 Å². The Morgan fingerprint density at radius 3 is 2.86 bits per heavy atom. The summed E-state index contributed by atoms with van der Waals surface area (Å²) in [4.78, 5) is 7.98. The lowest BCUT2D eigenvalue weighted by Crippen LogP contribution is -2.16. The summed E-state index contributed by atoms with van der Waals surface area (Å²) in [6, 6.07) is 1.73. The van der Waals surface area contributed by atoms with Gasteiger partial charge < -0.3 is 10.9 Å². The number of amidine groups is 1. The zero-order chi connectivity index (χ0) is 10.6. The van der Waals surface area contributed by atoms with Crippen molar-refractivity contribution < 1.29 is 5.21 Å². The minimum Gasteiger partial charge on any atom is -0.409 e. The van der Waals surface area contributed by atoms with Crippen LogP contribution in [0.2, 0.25) is 0 Å². The SMILES string of the molecule is CC(C)Cc1cc(/C(N)=N\O)ncn1. The van der Waals surface area contributed by atoms with Gasteiger partial charge in [-0.25, -0.2) is 9.97 Å². The molecule has 0 aromatic carbocycles. The van der Waals surface area contributed by atoms with E-state index < -0.39 is 0 Å². The van der Waals surface area contributed by atoms with Gasteiger partial charge in [-0.2, -0.15) is 0 Å². The van der Waals surface area contributed by atoms with Gasteiger partial charge in [-0.15, -0.1) is 0 Å². The highest BCUT2D eigenvalue weighted by Gasteiger charge is 2.04. The summed E-state index contributed by atoms with van der Waals surface area (Å²) in [5.74, 6) is 0.530. The molecule has 5 nitrogen and oxygen atoms in total. The second-order valence-corrected chi connectivity index (χ2v) is 3.48. The van der Waals surface area contributed by atoms with Crippen LogP contribution in [0.1, 0.15) is 25.2 Å². The molecule has 14 heavy (non-hydrogen) atoms. The topological polar surface area (TPSA) is 84.4 Å². The Labute approximate surface area is 82.7 Å². The molecule has 5 heteroatoms. The molecule has 1 heterocycles. The fourth-order valence-corrected chi connectivity index (χ4v) is 1.12. The van der Waals surface area contributed by atoms with E-state index in [0.717, 1.165) is 12.1 Å². The molecular formula is C9H14N4O. The van der Waals surface area contributed by atoms with Crippen LogP contribution >= 0.6 is 0 Å². The van der Waals surface area contributed by atoms with E-state index in [1.54, 1.807) is 6.07 Å². The van der Waals surface area contributed by atoms with Crippen LogP contribution in [0.15, 0.2) is 17.5 Å². The smallest absolute Gasteiger partial charge is 0.188 e. The molecule has 0 spiro atoms. The number of hydrogen-bond acceptors (Lipinski definition) is 4. The summed E-state index contributed by atoms with van der Waals surface area (Å²) in [5, 5.41) is 11.3. The number of rotatable bonds is 3. The van der Waals surface area contributed by atoms with Crippen LogP contribution in [-0.2, 0) is 6.42 Å². The summed E-state index contributed by atoms with van der Waals surface area (Å²) in [7, 11) is 0. The van der Waals surface area contributed by atoms with Crippen molar-refractivity contribution in [2.24, 2.45) is 16.8 Å². The molecule has 0 unspecified atom stereocenters. The van der Waals surface area contributed by atoms with Crippen molar-refractivity contribution in [3.63, 3.8) is 0 Å². The molecule has 0 aliphatic carbocycles. The van der Waals surface area contributed by atoms with Crippen LogP contribution in [0.3, 0.4) is 0 Å². The molecule has 0 saturated heterocycles. The van der Waals surface area contributed by atoms with Gasteiger partial charge in [0.1, 0.15) is 12.0 Å². The minimum absolute atomic E-state index is 0.0115. The third-order valence-electron chi connectivity index (χ3n) is 1.71. The highest BCUT2D eigenvalue weighted by molar-refractivity contribution is 5.95. The highest BCUT2D eigenvalue weighted by Crippen LogP contribution is 2.05. The molecule has 0 radical (unpaired) electrons. The summed E-state index contributed by atoms with van der Waals surface area (Å²) in [6.45, 7) is 4.20. The summed E-state index contributed by atoms with van der Waals surface area (Å²) < 4.78 is 0. The van der Waals surface area contributed by atoms with Crippen LogP contribution in [0, 0.1) is 5.92 Å². The first kappa shape index (κ1) is 10.4. The van der Waals surface area contributed by atoms with Crippen molar-refractivity contribution >= 4 is 5.84 Å². The van der Waals surface area contributed by atoms with E-state index in [4.69, 9.17) is 10.9 Å². The lowest BCUT2D eigenvalue weighted by molar-refractivity contribution is 0.318. The van der Waals surface area contributed by atoms with Crippen LogP contribution in [0.5, 0.6) is 0 Å². The van der Waals surface area contributed by atoms with Gasteiger partial charge in [0, 0.05) is 5.69 Å². The predicted octanol–water partition coefficient (Wildman–Crippen LogP) is 0.770. The molecule has 0 bridgehead atoms. The van der Waals surface area contributed by atoms with Gasteiger partial charge in [0.15, 0.2) is 5.84 Å². The van der Waals surface area contributed by atoms with E-state index in [-0.39, 0.29) is 5.84 Å². The van der Waals surface area contributed by atoms with Crippen LogP contribution in [-0.4, -0.2) is 21.0 Å². The van der Waals surface area contributed by atoms with Gasteiger partial charge in [0.2, 0.25) is 0 Å². The molecular weight excluding hydrogens is 180 g/mol. The third-order valence-corrected chi connectivity index (χ3v) is 1.71. The number of hydrogen-bond donors (Lipinski definition) is 2. The van der Waals surface area contributed by atoms with Crippen molar-refractivity contribution in [2.45, 2.75) is 20.3 Å². The fraction of sp³-hybridized carbons (Fsp3) is 0.444. The number of aromatic nitrogens is 2. The Balaban J connectivity index is 2.90. The molecule has 1 aromatic rings. The quantitative estimate of drug-likeness (QED) is 0.322. The minimum atomic E-state index is 0.0115. The maximum absolute atomic E-state index is 8.46. The van der Waals surface area contributed by atoms with E-state index in [1.165, 1.54) is 6.33 Å². The molecule has 3 N–H and O–H groups in total. The number of nitrogens with two attached hydrogens (primary N) is 1. The lowest BCUT2D eigenvalue weighted by atomic mass is 10.1. The zero-order valence-corrected chi connectivity index (χ0v) is 8.31. The normalized spacial score (nSPS) is 12.1. The molecule has 76 valence electrons. The van der Waals surface area contributed by atoms with Crippen LogP contribution in [0.25, 0.3) is 0 Å². The molecule has 0 aliphatic heterocycles. The monoisotopic (exact) mass is 194 g/mol. The second kappa shape index (κ2) is 4.55. The molecule has 1 aromatic heterocycles. The summed E-state index contributed by atoms with van der Waals surface area (Å²) in [6.07, 6.45) is 2.28. The Bertz CT molecular complexity index is 335. The maximum Gasteiger partial charge on any atom is 0.188 e. The molecule has 0 aliphatic rings. The first-order chi connectivity index (χ1) is 6.63. The molecule has 0 fully saturated rings. The van der Waals surface area contributed by atoms with Crippen molar-refractivity contribution in [3.05, 3.63) is 23.8 Å². The number of nitrogens with zero attached hydrogens (tertiary/aromatic N) is 3. The van der Waals surface area contributed by atoms with E-state index in [0.29, 0.717) is 11.6 Å². The molecule has 1 rings (SSSR count). The summed E-state index contributed by atoms with van der Waals surface area (Å²) >= 11 is 0. The molecule has 0 saturated carbocycles. The predicted molar refractivity (Wildman–Crippen MR) is 53.1 cm³/mol. The van der Waals surface area contributed by atoms with Crippen molar-refractivity contribution in [3.8, 4) is 0 Å². The van der Waals surface area contributed by atoms with Gasteiger partial charge in [-0.1, -0.05) is 19.0 Å². The average molecular weight is 194 g/mol. The van der Waals surface area contributed by atoms with E-state index in [2.05, 4.69) is 29.0 Å². The fourth-order valence-electron chi connectivity index (χ4n) is 1.12. The van der Waals surface area contributed by atoms with Crippen molar-refractivity contribution in [1.82, 2.24) is 9.97 Å². The van der Waals surface area contributed by atoms with Crippen molar-refractivity contribution in [2.75, 3.05) is 0 Å². The molecule has 0 atom stereocenters. The zero-order valence-electron chi connectivity index (χ0n) is 8.31. The first-order valence-corrected chi connectivity index (χ1v) is 4.42. The van der Waals surface area contributed by atoms with Gasteiger partial charge in [-0.3, -0.25) is 0 Å². The Morgan fingerprint density at radius 2 is 2.29 bits per heavy atom. The average Bonchev–Trinajstić information content (AvgIpc) is 2.16. The first-order valence-electron chi connectivity index (χ1n) is 4.42. The third kappa shape index (κ3) is 2.69. The number of oxime groups is 1. The van der Waals surface area contributed by atoms with Crippen LogP contribution < -0.4 is 5.73 Å². The Morgan fingerprint density at radius 1 is 1.57 bits per heavy atom. The van der Waals surface area contributed by atoms with Crippen LogP contribution in [0.4, 0.5) is 0 Å². The van der Waals surface area contributed by atoms with Gasteiger partial charge >= 0.3 is 0 Å². The van der Waals surface area contributed by atoms with Crippen molar-refractivity contribution in [1.29, 1.82) is 0 Å². The largest absolute Gasteiger partial charge is 0.409 e. The van der Waals surface area contributed by atoms with E-state index >= 15 is 0 Å². The Kier molecular flexibility index (Phi) is 3.39. The Hall–Kier alpha value is -1.65. The summed E-state index contributed by atoms with van der Waals surface area (Å²) in [5.41, 5.74) is 6.76. The second-order valence-electron chi connectivity index (χ2n) is 3.48. The van der Waals surface area contributed by atoms with Gasteiger partial charge in [0.25, 0.3) is 0 Å². The lowest BCUT2D eigenvalue weighted by Gasteiger charge is -2.04. The highest BCUT2D eigenvalue weighted by atomic mass is 16.4. The van der Waals surface area contributed by atoms with E-state index in [1.807, 2.05) is 0 Å². The molecule has 0 amide bonds. The standard InChI is InChI=1S/C9H14N4O/c1-6(2)3-7-4-8(9(10)13-14)12-5-11-7/h4-6,14H,3H2,1-2H3,(H2,10,13).